The average molecular weight is 387 g/mol. The Hall–Kier alpha value is -1.50. The minimum atomic E-state index is -0.506. The van der Waals surface area contributed by atoms with Crippen LogP contribution >= 0.6 is 23.2 Å². The first kappa shape index (κ1) is 18.3. The van der Waals surface area contributed by atoms with E-state index < -0.39 is 6.61 Å². The zero-order chi connectivity index (χ0) is 18.1. The van der Waals surface area contributed by atoms with Crippen molar-refractivity contribution in [3.63, 3.8) is 0 Å². The quantitative estimate of drug-likeness (QED) is 0.811. The molecule has 0 unspecified atom stereocenters. The zero-order valence-corrected chi connectivity index (χ0v) is 15.3. The number of hydrogen-bond donors (Lipinski definition) is 2. The molecule has 1 saturated carbocycles. The van der Waals surface area contributed by atoms with Crippen LogP contribution in [0.3, 0.4) is 0 Å². The van der Waals surface area contributed by atoms with Crippen LogP contribution in [0.15, 0.2) is 12.1 Å². The van der Waals surface area contributed by atoms with Gasteiger partial charge in [-0.2, -0.15) is 0 Å². The van der Waals surface area contributed by atoms with E-state index in [0.717, 1.165) is 19.3 Å². The molecular formula is C17H20Cl2N2O4. The summed E-state index contributed by atoms with van der Waals surface area (Å²) >= 11 is 12.0. The highest BCUT2D eigenvalue weighted by Crippen LogP contribution is 2.42. The second-order valence-corrected chi connectivity index (χ2v) is 7.24. The maximum absolute atomic E-state index is 12.6. The number of amides is 2. The number of aliphatic hydroxyl groups is 1. The van der Waals surface area contributed by atoms with Gasteiger partial charge >= 0.3 is 0 Å². The number of carbonyl (C=O) groups excluding carboxylic acids is 2. The predicted molar refractivity (Wildman–Crippen MR) is 94.2 cm³/mol. The molecule has 1 heterocycles. The van der Waals surface area contributed by atoms with Crippen LogP contribution in [0.2, 0.25) is 10.0 Å². The van der Waals surface area contributed by atoms with E-state index >= 15 is 0 Å². The Morgan fingerprint density at radius 3 is 2.72 bits per heavy atom. The Bertz CT molecular complexity index is 697. The lowest BCUT2D eigenvalue weighted by Crippen LogP contribution is -2.51. The van der Waals surface area contributed by atoms with E-state index in [0.29, 0.717) is 28.8 Å². The molecule has 1 aliphatic heterocycles. The number of likely N-dealkylation sites (tertiary alicyclic amines) is 1. The molecule has 8 heteroatoms. The molecule has 2 aliphatic rings. The maximum atomic E-state index is 12.6. The van der Waals surface area contributed by atoms with Crippen molar-refractivity contribution in [2.24, 2.45) is 5.92 Å². The van der Waals surface area contributed by atoms with Crippen molar-refractivity contribution in [3.8, 4) is 5.75 Å². The van der Waals surface area contributed by atoms with Gasteiger partial charge in [-0.15, -0.1) is 0 Å². The Balaban J connectivity index is 1.72. The highest BCUT2D eigenvalue weighted by Gasteiger charge is 2.47. The van der Waals surface area contributed by atoms with E-state index in [2.05, 4.69) is 5.32 Å². The van der Waals surface area contributed by atoms with Gasteiger partial charge < -0.3 is 20.1 Å². The van der Waals surface area contributed by atoms with Crippen LogP contribution in [0.1, 0.15) is 29.6 Å². The van der Waals surface area contributed by atoms with Crippen molar-refractivity contribution in [3.05, 3.63) is 27.7 Å². The first-order chi connectivity index (χ1) is 12.0. The predicted octanol–water partition coefficient (Wildman–Crippen LogP) is 2.10. The molecule has 1 aromatic rings. The molecule has 2 N–H and O–H groups in total. The van der Waals surface area contributed by atoms with Crippen LogP contribution in [-0.2, 0) is 4.79 Å². The number of nitrogens with zero attached hydrogens (tertiary/aromatic N) is 1. The molecule has 136 valence electrons. The fraction of sp³-hybridized carbons (Fsp3) is 0.529. The first-order valence-corrected chi connectivity index (χ1v) is 8.95. The van der Waals surface area contributed by atoms with Gasteiger partial charge in [-0.3, -0.25) is 9.59 Å². The summed E-state index contributed by atoms with van der Waals surface area (Å²) in [6.45, 7) is -0.177. The summed E-state index contributed by atoms with van der Waals surface area (Å²) < 4.78 is 5.20. The molecule has 0 radical (unpaired) electrons. The minimum Gasteiger partial charge on any atom is -0.496 e. The Morgan fingerprint density at radius 2 is 2.04 bits per heavy atom. The van der Waals surface area contributed by atoms with Crippen molar-refractivity contribution in [1.29, 1.82) is 0 Å². The fourth-order valence-electron chi connectivity index (χ4n) is 3.99. The molecule has 1 aromatic carbocycles. The smallest absolute Gasteiger partial charge is 0.255 e. The molecule has 2 amide bonds. The van der Waals surface area contributed by atoms with Crippen molar-refractivity contribution < 1.29 is 19.4 Å². The molecule has 2 bridgehead atoms. The Morgan fingerprint density at radius 1 is 1.32 bits per heavy atom. The van der Waals surface area contributed by atoms with E-state index in [4.69, 9.17) is 27.9 Å². The van der Waals surface area contributed by atoms with Gasteiger partial charge in [0, 0.05) is 18.7 Å². The highest BCUT2D eigenvalue weighted by atomic mass is 35.5. The summed E-state index contributed by atoms with van der Waals surface area (Å²) in [5.74, 6) is 0.0767. The monoisotopic (exact) mass is 386 g/mol. The first-order valence-electron chi connectivity index (χ1n) is 8.19. The molecule has 0 spiro atoms. The largest absolute Gasteiger partial charge is 0.496 e. The summed E-state index contributed by atoms with van der Waals surface area (Å²) in [4.78, 5) is 26.3. The summed E-state index contributed by atoms with van der Waals surface area (Å²) in [5.41, 5.74) is 0.292. The standard InChI is InChI=1S/C17H20Cl2N2O4/c1-25-15-6-13(19)12(18)5-11(15)17(24)20-7-14-9-2-3-10(4-9)21(14)16(23)8-22/h5-6,9-10,14,22H,2-4,7-8H2,1H3,(H,20,24)/t9-,10+,14+/m0/s1. The van der Waals surface area contributed by atoms with Crippen LogP contribution < -0.4 is 10.1 Å². The molecule has 3 rings (SSSR count). The molecular weight excluding hydrogens is 367 g/mol. The van der Waals surface area contributed by atoms with E-state index in [1.165, 1.54) is 19.2 Å². The van der Waals surface area contributed by atoms with Crippen LogP contribution in [0.5, 0.6) is 5.75 Å². The van der Waals surface area contributed by atoms with E-state index in [1.807, 2.05) is 0 Å². The zero-order valence-electron chi connectivity index (χ0n) is 13.8. The number of fused-ring (bicyclic) bond motifs is 2. The van der Waals surface area contributed by atoms with Gasteiger partial charge in [0.15, 0.2) is 0 Å². The van der Waals surface area contributed by atoms with E-state index in [-0.39, 0.29) is 28.9 Å². The fourth-order valence-corrected chi connectivity index (χ4v) is 4.31. The maximum Gasteiger partial charge on any atom is 0.255 e. The number of piperidine rings is 1. The van der Waals surface area contributed by atoms with Gasteiger partial charge in [-0.25, -0.2) is 0 Å². The van der Waals surface area contributed by atoms with Gasteiger partial charge in [-0.05, 0) is 31.2 Å². The number of nitrogens with one attached hydrogen (secondary N) is 1. The van der Waals surface area contributed by atoms with Crippen LogP contribution in [-0.4, -0.2) is 54.2 Å². The number of aliphatic hydroxyl groups excluding tert-OH is 1. The molecule has 6 nitrogen and oxygen atoms in total. The molecule has 1 aliphatic carbocycles. The third-order valence-electron chi connectivity index (χ3n) is 5.12. The molecule has 2 fully saturated rings. The molecule has 1 saturated heterocycles. The molecule has 3 atom stereocenters. The van der Waals surface area contributed by atoms with Crippen LogP contribution in [0.4, 0.5) is 0 Å². The lowest BCUT2D eigenvalue weighted by Gasteiger charge is -2.35. The Kier molecular flexibility index (Phi) is 5.41. The molecule has 0 aromatic heterocycles. The Labute approximate surface area is 156 Å². The number of halogens is 2. The van der Waals surface area contributed by atoms with Gasteiger partial charge in [-0.1, -0.05) is 23.2 Å². The summed E-state index contributed by atoms with van der Waals surface area (Å²) in [6.07, 6.45) is 2.93. The normalized spacial score (nSPS) is 24.5. The third kappa shape index (κ3) is 3.43. The minimum absolute atomic E-state index is 0.0869. The van der Waals surface area contributed by atoms with Gasteiger partial charge in [0.1, 0.15) is 12.4 Å². The molecule has 25 heavy (non-hydrogen) atoms. The van der Waals surface area contributed by atoms with Gasteiger partial charge in [0.05, 0.1) is 28.8 Å². The third-order valence-corrected chi connectivity index (χ3v) is 5.84. The topological polar surface area (TPSA) is 78.9 Å². The van der Waals surface area contributed by atoms with Crippen molar-refractivity contribution in [1.82, 2.24) is 10.2 Å². The van der Waals surface area contributed by atoms with Crippen LogP contribution in [0, 0.1) is 5.92 Å². The second-order valence-electron chi connectivity index (χ2n) is 6.43. The SMILES string of the molecule is COc1cc(Cl)c(Cl)cc1C(=O)NC[C@@H]1[C@H]2CC[C@H](C2)N1C(=O)CO. The van der Waals surface area contributed by atoms with Gasteiger partial charge in [0.25, 0.3) is 5.91 Å². The number of ether oxygens (including phenoxy) is 1. The number of benzene rings is 1. The van der Waals surface area contributed by atoms with E-state index in [1.54, 1.807) is 4.90 Å². The van der Waals surface area contributed by atoms with Gasteiger partial charge in [0.2, 0.25) is 5.91 Å². The second kappa shape index (κ2) is 7.40. The lowest BCUT2D eigenvalue weighted by molar-refractivity contribution is -0.138. The van der Waals surface area contributed by atoms with Crippen molar-refractivity contribution in [2.75, 3.05) is 20.3 Å². The van der Waals surface area contributed by atoms with E-state index in [9.17, 15) is 14.7 Å². The highest BCUT2D eigenvalue weighted by molar-refractivity contribution is 6.42. The average Bonchev–Trinajstić information content (AvgIpc) is 3.22. The number of methoxy groups -OCH3 is 1. The van der Waals surface area contributed by atoms with Crippen molar-refractivity contribution >= 4 is 35.0 Å². The van der Waals surface area contributed by atoms with Crippen LogP contribution in [0.25, 0.3) is 0 Å². The lowest BCUT2D eigenvalue weighted by atomic mass is 9.98. The number of hydrogen-bond acceptors (Lipinski definition) is 4. The number of carbonyl (C=O) groups is 2. The number of rotatable bonds is 5. The summed E-state index contributed by atoms with van der Waals surface area (Å²) in [7, 11) is 1.45. The summed E-state index contributed by atoms with van der Waals surface area (Å²) in [6, 6.07) is 3.05. The summed E-state index contributed by atoms with van der Waals surface area (Å²) in [5, 5.41) is 12.6. The van der Waals surface area contributed by atoms with Crippen molar-refractivity contribution in [2.45, 2.75) is 31.3 Å².